The third-order valence-corrected chi connectivity index (χ3v) is 4.53. The van der Waals surface area contributed by atoms with Crippen molar-refractivity contribution in [2.75, 3.05) is 32.7 Å². The molecule has 1 saturated heterocycles. The molecule has 0 aliphatic carbocycles. The first-order valence-electron chi connectivity index (χ1n) is 9.67. The molecule has 0 aromatic heterocycles. The minimum absolute atomic E-state index is 0. The fourth-order valence-electron chi connectivity index (χ4n) is 3.15. The van der Waals surface area contributed by atoms with E-state index < -0.39 is 0 Å². The number of aliphatic imine (C=N–C) groups is 1. The number of non-ortho nitro benzene ring substituents is 1. The highest BCUT2D eigenvalue weighted by Crippen LogP contribution is 2.13. The predicted octanol–water partition coefficient (Wildman–Crippen LogP) is 3.53. The molecule has 27 heavy (non-hydrogen) atoms. The Hall–Kier alpha value is -1.42. The first kappa shape index (κ1) is 23.6. The summed E-state index contributed by atoms with van der Waals surface area (Å²) in [4.78, 5) is 17.6. The zero-order valence-electron chi connectivity index (χ0n) is 16.2. The fraction of sp³-hybridized carbons (Fsp3) is 0.632. The maximum Gasteiger partial charge on any atom is 0.269 e. The van der Waals surface area contributed by atoms with Crippen molar-refractivity contribution in [1.29, 1.82) is 0 Å². The Morgan fingerprint density at radius 3 is 2.63 bits per heavy atom. The number of hydrogen-bond acceptors (Lipinski definition) is 4. The van der Waals surface area contributed by atoms with Gasteiger partial charge in [0.25, 0.3) is 5.69 Å². The van der Waals surface area contributed by atoms with Crippen LogP contribution in [0, 0.1) is 10.1 Å². The summed E-state index contributed by atoms with van der Waals surface area (Å²) in [5.41, 5.74) is 0.939. The Labute approximate surface area is 179 Å². The van der Waals surface area contributed by atoms with Crippen molar-refractivity contribution in [2.24, 2.45) is 4.99 Å². The molecule has 2 N–H and O–H groups in total. The lowest BCUT2D eigenvalue weighted by Crippen LogP contribution is -2.39. The average molecular weight is 489 g/mol. The summed E-state index contributed by atoms with van der Waals surface area (Å²) in [6.07, 6.45) is 6.45. The van der Waals surface area contributed by atoms with Gasteiger partial charge in [-0.2, -0.15) is 0 Å². The molecular weight excluding hydrogens is 457 g/mol. The number of nitro groups is 1. The number of rotatable bonds is 8. The van der Waals surface area contributed by atoms with E-state index >= 15 is 0 Å². The van der Waals surface area contributed by atoms with Crippen molar-refractivity contribution in [3.63, 3.8) is 0 Å². The van der Waals surface area contributed by atoms with Gasteiger partial charge >= 0.3 is 0 Å². The Balaban J connectivity index is 0.00000364. The van der Waals surface area contributed by atoms with Crippen molar-refractivity contribution in [1.82, 2.24) is 15.5 Å². The SMILES string of the molecule is CCNC(=NCc1cccc([N+](=O)[O-])c1)NCCCN1CCCCCC1.I. The summed E-state index contributed by atoms with van der Waals surface area (Å²) >= 11 is 0. The summed E-state index contributed by atoms with van der Waals surface area (Å²) in [7, 11) is 0. The van der Waals surface area contributed by atoms with Crippen molar-refractivity contribution < 1.29 is 4.92 Å². The van der Waals surface area contributed by atoms with E-state index in [1.807, 2.05) is 13.0 Å². The first-order valence-corrected chi connectivity index (χ1v) is 9.67. The number of likely N-dealkylation sites (tertiary alicyclic amines) is 1. The summed E-state index contributed by atoms with van der Waals surface area (Å²) in [5.74, 6) is 0.759. The molecule has 7 nitrogen and oxygen atoms in total. The molecular formula is C19H32IN5O2. The van der Waals surface area contributed by atoms with Crippen molar-refractivity contribution in [3.05, 3.63) is 39.9 Å². The molecule has 2 rings (SSSR count). The van der Waals surface area contributed by atoms with E-state index in [0.717, 1.165) is 37.6 Å². The second-order valence-electron chi connectivity index (χ2n) is 6.66. The molecule has 152 valence electrons. The Morgan fingerprint density at radius 1 is 1.22 bits per heavy atom. The second kappa shape index (κ2) is 13.7. The summed E-state index contributed by atoms with van der Waals surface area (Å²) in [5, 5.41) is 17.5. The summed E-state index contributed by atoms with van der Waals surface area (Å²) in [6.45, 7) is 7.67. The van der Waals surface area contributed by atoms with Crippen molar-refractivity contribution in [3.8, 4) is 0 Å². The third-order valence-electron chi connectivity index (χ3n) is 4.53. The van der Waals surface area contributed by atoms with Crippen LogP contribution in [0.5, 0.6) is 0 Å². The third kappa shape index (κ3) is 9.37. The first-order chi connectivity index (χ1) is 12.7. The Morgan fingerprint density at radius 2 is 1.96 bits per heavy atom. The summed E-state index contributed by atoms with van der Waals surface area (Å²) < 4.78 is 0. The number of nitrogens with zero attached hydrogens (tertiary/aromatic N) is 3. The zero-order chi connectivity index (χ0) is 18.6. The van der Waals surface area contributed by atoms with Crippen LogP contribution < -0.4 is 10.6 Å². The molecule has 8 heteroatoms. The smallest absolute Gasteiger partial charge is 0.269 e. The van der Waals surface area contributed by atoms with E-state index in [0.29, 0.717) is 6.54 Å². The van der Waals surface area contributed by atoms with Gasteiger partial charge in [-0.3, -0.25) is 10.1 Å². The van der Waals surface area contributed by atoms with Gasteiger partial charge in [0.15, 0.2) is 5.96 Å². The minimum Gasteiger partial charge on any atom is -0.357 e. The van der Waals surface area contributed by atoms with Gasteiger partial charge in [-0.05, 0) is 51.4 Å². The van der Waals surface area contributed by atoms with Crippen LogP contribution in [0.1, 0.15) is 44.6 Å². The van der Waals surface area contributed by atoms with E-state index in [9.17, 15) is 10.1 Å². The molecule has 1 heterocycles. The van der Waals surface area contributed by atoms with Gasteiger partial charge in [0.1, 0.15) is 0 Å². The van der Waals surface area contributed by atoms with Crippen LogP contribution in [0.3, 0.4) is 0 Å². The Kier molecular flexibility index (Phi) is 12.0. The molecule has 0 atom stereocenters. The number of guanidine groups is 1. The largest absolute Gasteiger partial charge is 0.357 e. The van der Waals surface area contributed by atoms with E-state index in [-0.39, 0.29) is 34.6 Å². The molecule has 0 saturated carbocycles. The lowest BCUT2D eigenvalue weighted by atomic mass is 10.2. The molecule has 0 amide bonds. The van der Waals surface area contributed by atoms with Crippen LogP contribution in [-0.4, -0.2) is 48.5 Å². The maximum absolute atomic E-state index is 10.9. The van der Waals surface area contributed by atoms with Gasteiger partial charge in [0, 0.05) is 25.2 Å². The second-order valence-corrected chi connectivity index (χ2v) is 6.66. The van der Waals surface area contributed by atoms with Gasteiger partial charge in [0.2, 0.25) is 0 Å². The van der Waals surface area contributed by atoms with Gasteiger partial charge in [-0.25, -0.2) is 4.99 Å². The van der Waals surface area contributed by atoms with Crippen LogP contribution in [-0.2, 0) is 6.54 Å². The van der Waals surface area contributed by atoms with Gasteiger partial charge in [0.05, 0.1) is 11.5 Å². The number of halogens is 1. The molecule has 1 aromatic carbocycles. The molecule has 0 spiro atoms. The van der Waals surface area contributed by atoms with Gasteiger partial charge < -0.3 is 15.5 Å². The van der Waals surface area contributed by atoms with E-state index in [1.165, 1.54) is 44.8 Å². The van der Waals surface area contributed by atoms with Crippen LogP contribution >= 0.6 is 24.0 Å². The van der Waals surface area contributed by atoms with E-state index in [2.05, 4.69) is 20.5 Å². The number of nitrogens with one attached hydrogen (secondary N) is 2. The van der Waals surface area contributed by atoms with Crippen LogP contribution in [0.15, 0.2) is 29.3 Å². The molecule has 1 aromatic rings. The van der Waals surface area contributed by atoms with Gasteiger partial charge in [-0.15, -0.1) is 24.0 Å². The van der Waals surface area contributed by atoms with Crippen LogP contribution in [0.4, 0.5) is 5.69 Å². The van der Waals surface area contributed by atoms with Crippen LogP contribution in [0.25, 0.3) is 0 Å². The molecule has 0 unspecified atom stereocenters. The highest BCUT2D eigenvalue weighted by atomic mass is 127. The van der Waals surface area contributed by atoms with E-state index in [1.54, 1.807) is 12.1 Å². The topological polar surface area (TPSA) is 82.8 Å². The average Bonchev–Trinajstić information content (AvgIpc) is 2.92. The summed E-state index contributed by atoms with van der Waals surface area (Å²) in [6, 6.07) is 6.63. The predicted molar refractivity (Wildman–Crippen MR) is 121 cm³/mol. The molecule has 0 bridgehead atoms. The lowest BCUT2D eigenvalue weighted by molar-refractivity contribution is -0.384. The molecule has 0 radical (unpaired) electrons. The standard InChI is InChI=1S/C19H31N5O2.HI/c1-2-20-19(21-11-8-14-23-12-5-3-4-6-13-23)22-16-17-9-7-10-18(15-17)24(25)26;/h7,9-10,15H,2-6,8,11-14,16H2,1H3,(H2,20,21,22);1H. The Bertz CT molecular complexity index is 589. The normalized spacial score (nSPS) is 15.5. The molecule has 1 aliphatic heterocycles. The lowest BCUT2D eigenvalue weighted by Gasteiger charge is -2.20. The highest BCUT2D eigenvalue weighted by molar-refractivity contribution is 14.0. The van der Waals surface area contributed by atoms with Crippen molar-refractivity contribution in [2.45, 2.75) is 45.6 Å². The van der Waals surface area contributed by atoms with Gasteiger partial charge in [-0.1, -0.05) is 25.0 Å². The monoisotopic (exact) mass is 489 g/mol. The number of nitro benzene ring substituents is 1. The van der Waals surface area contributed by atoms with Crippen LogP contribution in [0.2, 0.25) is 0 Å². The maximum atomic E-state index is 10.9. The zero-order valence-corrected chi connectivity index (χ0v) is 18.5. The van der Waals surface area contributed by atoms with E-state index in [4.69, 9.17) is 0 Å². The number of benzene rings is 1. The van der Waals surface area contributed by atoms with Crippen molar-refractivity contribution >= 4 is 35.6 Å². The quantitative estimate of drug-likeness (QED) is 0.146. The minimum atomic E-state index is -0.375. The highest BCUT2D eigenvalue weighted by Gasteiger charge is 2.08. The molecule has 1 aliphatic rings. The molecule has 1 fully saturated rings. The fourth-order valence-corrected chi connectivity index (χ4v) is 3.15. The number of hydrogen-bond donors (Lipinski definition) is 2.